The predicted octanol–water partition coefficient (Wildman–Crippen LogP) is 6.31. The van der Waals surface area contributed by atoms with Gasteiger partial charge in [0.1, 0.15) is 5.75 Å². The molecule has 152 valence electrons. The van der Waals surface area contributed by atoms with Gasteiger partial charge in [0.05, 0.1) is 5.56 Å². The van der Waals surface area contributed by atoms with Crippen molar-refractivity contribution in [2.24, 2.45) is 0 Å². The molecule has 1 aliphatic carbocycles. The summed E-state index contributed by atoms with van der Waals surface area (Å²) in [5.74, 6) is -0.839. The molecule has 0 fully saturated rings. The minimum absolute atomic E-state index is 0.222. The Labute approximate surface area is 175 Å². The first-order valence-corrected chi connectivity index (χ1v) is 10.2. The number of aromatic carboxylic acids is 1. The molecule has 0 atom stereocenters. The van der Waals surface area contributed by atoms with E-state index < -0.39 is 5.97 Å². The lowest BCUT2D eigenvalue weighted by Gasteiger charge is -2.18. The Hall–Kier alpha value is -3.40. The number of ether oxygens (including phenoxy) is 1. The van der Waals surface area contributed by atoms with Crippen LogP contribution < -0.4 is 4.74 Å². The second-order valence-corrected chi connectivity index (χ2v) is 7.87. The van der Waals surface area contributed by atoms with Crippen molar-refractivity contribution in [2.45, 2.75) is 39.5 Å². The largest absolute Gasteiger partial charge is 0.478 e. The third-order valence-electron chi connectivity index (χ3n) is 5.75. The number of carboxylic acid groups (broad SMARTS) is 1. The predicted molar refractivity (Wildman–Crippen MR) is 118 cm³/mol. The highest BCUT2D eigenvalue weighted by atomic mass is 16.5. The molecular weight excluding hydrogens is 376 g/mol. The third-order valence-corrected chi connectivity index (χ3v) is 5.75. The molecule has 0 aromatic heterocycles. The van der Waals surface area contributed by atoms with Crippen molar-refractivity contribution < 1.29 is 19.4 Å². The van der Waals surface area contributed by atoms with E-state index in [0.717, 1.165) is 58.7 Å². The topological polar surface area (TPSA) is 63.6 Å². The number of carbonyl (C=O) groups is 2. The van der Waals surface area contributed by atoms with E-state index in [4.69, 9.17) is 4.74 Å². The van der Waals surface area contributed by atoms with Crippen LogP contribution in [0.3, 0.4) is 0 Å². The Morgan fingerprint density at radius 1 is 0.900 bits per heavy atom. The Kier molecular flexibility index (Phi) is 5.40. The first kappa shape index (κ1) is 19.9. The Morgan fingerprint density at radius 3 is 2.37 bits per heavy atom. The van der Waals surface area contributed by atoms with Crippen LogP contribution in [-0.4, -0.2) is 17.0 Å². The van der Waals surface area contributed by atoms with Gasteiger partial charge < -0.3 is 9.84 Å². The fourth-order valence-corrected chi connectivity index (χ4v) is 4.18. The lowest BCUT2D eigenvalue weighted by Crippen LogP contribution is -2.15. The maximum atomic E-state index is 12.9. The third kappa shape index (κ3) is 3.73. The monoisotopic (exact) mass is 400 g/mol. The van der Waals surface area contributed by atoms with Crippen molar-refractivity contribution in [3.63, 3.8) is 0 Å². The van der Waals surface area contributed by atoms with Crippen LogP contribution in [0.4, 0.5) is 0 Å². The van der Waals surface area contributed by atoms with Crippen LogP contribution >= 0.6 is 0 Å². The molecule has 0 aliphatic heterocycles. The molecule has 0 spiro atoms. The molecule has 0 bridgehead atoms. The van der Waals surface area contributed by atoms with Crippen LogP contribution in [0.5, 0.6) is 5.75 Å². The van der Waals surface area contributed by atoms with E-state index in [2.05, 4.69) is 0 Å². The minimum atomic E-state index is -0.987. The summed E-state index contributed by atoms with van der Waals surface area (Å²) in [5, 5.41) is 11.4. The number of allylic oxidation sites excluding steroid dienone is 1. The van der Waals surface area contributed by atoms with Gasteiger partial charge in [-0.3, -0.25) is 0 Å². The number of esters is 1. The van der Waals surface area contributed by atoms with E-state index in [0.29, 0.717) is 11.3 Å². The molecule has 4 rings (SSSR count). The molecular formula is C26H24O4. The quantitative estimate of drug-likeness (QED) is 0.412. The minimum Gasteiger partial charge on any atom is -0.478 e. The average Bonchev–Trinajstić information content (AvgIpc) is 2.73. The standard InChI is InChI=1S/C26H24O4/c1-16-13-14-21(25(27)28)22(15-16)20-11-5-8-18-9-6-12-23(24(18)20)30-26(29)19-10-4-3-7-17(19)2/h5-6,8-9,11-15H,3-4,7,10H2,1-2H3,(H,27,28). The first-order chi connectivity index (χ1) is 14.5. The van der Waals surface area contributed by atoms with Gasteiger partial charge in [-0.25, -0.2) is 9.59 Å². The summed E-state index contributed by atoms with van der Waals surface area (Å²) in [6.45, 7) is 3.93. The van der Waals surface area contributed by atoms with E-state index in [1.54, 1.807) is 18.2 Å². The van der Waals surface area contributed by atoms with Gasteiger partial charge in [-0.05, 0) is 68.2 Å². The number of rotatable bonds is 4. The van der Waals surface area contributed by atoms with Crippen molar-refractivity contribution in [1.29, 1.82) is 0 Å². The molecule has 30 heavy (non-hydrogen) atoms. The SMILES string of the molecule is CC1=C(C(=O)Oc2cccc3cccc(-c4cc(C)ccc4C(=O)O)c23)CCCC1. The maximum absolute atomic E-state index is 12.9. The van der Waals surface area contributed by atoms with Crippen molar-refractivity contribution in [3.05, 3.63) is 76.9 Å². The van der Waals surface area contributed by atoms with E-state index in [1.807, 2.05) is 50.2 Å². The fourth-order valence-electron chi connectivity index (χ4n) is 4.18. The van der Waals surface area contributed by atoms with Gasteiger partial charge in [0.15, 0.2) is 0 Å². The van der Waals surface area contributed by atoms with E-state index in [9.17, 15) is 14.7 Å². The summed E-state index contributed by atoms with van der Waals surface area (Å²) in [6.07, 6.45) is 3.76. The fraction of sp³-hybridized carbons (Fsp3) is 0.231. The maximum Gasteiger partial charge on any atom is 0.339 e. The van der Waals surface area contributed by atoms with Crippen molar-refractivity contribution in [2.75, 3.05) is 0 Å². The molecule has 4 nitrogen and oxygen atoms in total. The number of aryl methyl sites for hydroxylation is 1. The number of carbonyl (C=O) groups excluding carboxylic acids is 1. The van der Waals surface area contributed by atoms with Crippen LogP contribution in [0.25, 0.3) is 21.9 Å². The van der Waals surface area contributed by atoms with Crippen LogP contribution in [0, 0.1) is 6.92 Å². The van der Waals surface area contributed by atoms with E-state index in [1.165, 1.54) is 0 Å². The molecule has 0 heterocycles. The number of carboxylic acids is 1. The second kappa shape index (κ2) is 8.15. The molecule has 4 heteroatoms. The van der Waals surface area contributed by atoms with Crippen molar-refractivity contribution in [3.8, 4) is 16.9 Å². The summed E-state index contributed by atoms with van der Waals surface area (Å²) >= 11 is 0. The number of benzene rings is 3. The zero-order valence-electron chi connectivity index (χ0n) is 17.2. The summed E-state index contributed by atoms with van der Waals surface area (Å²) in [4.78, 5) is 24.8. The Bertz CT molecular complexity index is 1180. The number of hydrogen-bond acceptors (Lipinski definition) is 3. The normalized spacial score (nSPS) is 14.1. The van der Waals surface area contributed by atoms with Crippen molar-refractivity contribution >= 4 is 22.7 Å². The molecule has 0 saturated carbocycles. The van der Waals surface area contributed by atoms with Gasteiger partial charge in [-0.15, -0.1) is 0 Å². The lowest BCUT2D eigenvalue weighted by molar-refractivity contribution is -0.130. The van der Waals surface area contributed by atoms with Crippen LogP contribution in [0.15, 0.2) is 65.7 Å². The zero-order chi connectivity index (χ0) is 21.3. The summed E-state index contributed by atoms with van der Waals surface area (Å²) < 4.78 is 5.89. The second-order valence-electron chi connectivity index (χ2n) is 7.87. The molecule has 0 amide bonds. The molecule has 0 radical (unpaired) electrons. The molecule has 0 saturated heterocycles. The molecule has 3 aromatic carbocycles. The highest BCUT2D eigenvalue weighted by Crippen LogP contribution is 2.38. The Morgan fingerprint density at radius 2 is 1.63 bits per heavy atom. The molecule has 1 aliphatic rings. The van der Waals surface area contributed by atoms with Gasteiger partial charge in [-0.2, -0.15) is 0 Å². The Balaban J connectivity index is 1.88. The van der Waals surface area contributed by atoms with Crippen LogP contribution in [-0.2, 0) is 4.79 Å². The van der Waals surface area contributed by atoms with Gasteiger partial charge in [0, 0.05) is 11.0 Å². The molecule has 1 N–H and O–H groups in total. The van der Waals surface area contributed by atoms with E-state index >= 15 is 0 Å². The first-order valence-electron chi connectivity index (χ1n) is 10.2. The van der Waals surface area contributed by atoms with Crippen LogP contribution in [0.2, 0.25) is 0 Å². The van der Waals surface area contributed by atoms with Gasteiger partial charge in [0.25, 0.3) is 0 Å². The van der Waals surface area contributed by atoms with E-state index in [-0.39, 0.29) is 11.5 Å². The van der Waals surface area contributed by atoms with Gasteiger partial charge >= 0.3 is 11.9 Å². The number of fused-ring (bicyclic) bond motifs is 1. The molecule has 3 aromatic rings. The lowest BCUT2D eigenvalue weighted by atomic mass is 9.92. The summed E-state index contributed by atoms with van der Waals surface area (Å²) in [6, 6.07) is 16.6. The molecule has 0 unspecified atom stereocenters. The average molecular weight is 400 g/mol. The zero-order valence-corrected chi connectivity index (χ0v) is 17.2. The number of hydrogen-bond donors (Lipinski definition) is 1. The highest BCUT2D eigenvalue weighted by Gasteiger charge is 2.21. The smallest absolute Gasteiger partial charge is 0.339 e. The van der Waals surface area contributed by atoms with Gasteiger partial charge in [-0.1, -0.05) is 53.6 Å². The van der Waals surface area contributed by atoms with Crippen LogP contribution in [0.1, 0.15) is 48.5 Å². The highest BCUT2D eigenvalue weighted by molar-refractivity contribution is 6.07. The summed E-state index contributed by atoms with van der Waals surface area (Å²) in [5.41, 5.74) is 4.40. The van der Waals surface area contributed by atoms with Crippen molar-refractivity contribution in [1.82, 2.24) is 0 Å². The summed E-state index contributed by atoms with van der Waals surface area (Å²) in [7, 11) is 0. The van der Waals surface area contributed by atoms with Gasteiger partial charge in [0.2, 0.25) is 0 Å².